The van der Waals surface area contributed by atoms with Crippen LogP contribution in [0.3, 0.4) is 0 Å². The number of rotatable bonds is 3. The first kappa shape index (κ1) is 13.9. The molecular weight excluding hydrogens is 272 g/mol. The van der Waals surface area contributed by atoms with Crippen molar-refractivity contribution in [2.24, 2.45) is 0 Å². The Morgan fingerprint density at radius 1 is 1.48 bits per heavy atom. The lowest BCUT2D eigenvalue weighted by Crippen LogP contribution is -2.59. The normalized spacial score (nSPS) is 27.5. The van der Waals surface area contributed by atoms with Gasteiger partial charge in [0.1, 0.15) is 5.75 Å². The van der Waals surface area contributed by atoms with Crippen LogP contribution < -0.4 is 15.4 Å². The second-order valence-corrected chi connectivity index (χ2v) is 5.43. The predicted octanol–water partition coefficient (Wildman–Crippen LogP) is 1.07. The van der Waals surface area contributed by atoms with Gasteiger partial charge in [0.25, 0.3) is 17.4 Å². The van der Waals surface area contributed by atoms with Gasteiger partial charge in [0.15, 0.2) is 0 Å². The minimum absolute atomic E-state index is 0.0245. The Hall–Kier alpha value is -2.08. The smallest absolute Gasteiger partial charge is 0.278 e. The molecule has 21 heavy (non-hydrogen) atoms. The molecule has 0 aromatic heterocycles. The van der Waals surface area contributed by atoms with Crippen molar-refractivity contribution < 1.29 is 19.1 Å². The van der Waals surface area contributed by atoms with Crippen molar-refractivity contribution in [2.45, 2.75) is 31.5 Å². The number of para-hydroxylation sites is 2. The average molecular weight is 290 g/mol. The Labute approximate surface area is 122 Å². The van der Waals surface area contributed by atoms with Gasteiger partial charge in [0.05, 0.1) is 11.8 Å². The number of fused-ring (bicyclic) bond motifs is 1. The number of benzene rings is 1. The minimum atomic E-state index is -1.56. The third-order valence-electron chi connectivity index (χ3n) is 3.83. The molecule has 6 heteroatoms. The van der Waals surface area contributed by atoms with Crippen molar-refractivity contribution in [3.05, 3.63) is 24.3 Å². The summed E-state index contributed by atoms with van der Waals surface area (Å²) >= 11 is 0. The molecule has 1 fully saturated rings. The lowest BCUT2D eigenvalue weighted by molar-refractivity contribution is -0.147. The van der Waals surface area contributed by atoms with Crippen LogP contribution in [-0.2, 0) is 14.3 Å². The average Bonchev–Trinajstić information content (AvgIpc) is 2.99. The summed E-state index contributed by atoms with van der Waals surface area (Å²) in [6.07, 6.45) is 1.95. The number of ether oxygens (including phenoxy) is 2. The van der Waals surface area contributed by atoms with Crippen molar-refractivity contribution >= 4 is 17.5 Å². The molecular formula is C15H18N2O4. The Morgan fingerprint density at radius 2 is 2.29 bits per heavy atom. The molecule has 1 aromatic carbocycles. The Morgan fingerprint density at radius 3 is 3.05 bits per heavy atom. The number of amides is 2. The third-order valence-corrected chi connectivity index (χ3v) is 3.83. The number of hydrogen-bond acceptors (Lipinski definition) is 4. The molecule has 2 N–H and O–H groups in total. The third kappa shape index (κ3) is 2.58. The molecule has 2 aliphatic rings. The van der Waals surface area contributed by atoms with Gasteiger partial charge in [-0.3, -0.25) is 9.59 Å². The van der Waals surface area contributed by atoms with E-state index in [1.807, 2.05) is 0 Å². The van der Waals surface area contributed by atoms with Gasteiger partial charge in [-0.2, -0.15) is 0 Å². The number of carbonyl (C=O) groups excluding carboxylic acids is 2. The Balaban J connectivity index is 1.70. The monoisotopic (exact) mass is 290 g/mol. The molecule has 0 radical (unpaired) electrons. The van der Waals surface area contributed by atoms with Crippen LogP contribution in [-0.4, -0.2) is 36.7 Å². The highest BCUT2D eigenvalue weighted by atomic mass is 16.5. The fraction of sp³-hybridized carbons (Fsp3) is 0.467. The van der Waals surface area contributed by atoms with Crippen molar-refractivity contribution in [1.29, 1.82) is 0 Å². The molecule has 0 spiro atoms. The molecule has 1 saturated heterocycles. The quantitative estimate of drug-likeness (QED) is 0.816. The van der Waals surface area contributed by atoms with Crippen molar-refractivity contribution in [2.75, 3.05) is 18.5 Å². The summed E-state index contributed by atoms with van der Waals surface area (Å²) in [6.45, 7) is 2.60. The van der Waals surface area contributed by atoms with E-state index in [9.17, 15) is 9.59 Å². The maximum Gasteiger partial charge on any atom is 0.278 e. The lowest BCUT2D eigenvalue weighted by atomic mass is 10.0. The maximum absolute atomic E-state index is 12.3. The fourth-order valence-corrected chi connectivity index (χ4v) is 2.50. The molecule has 2 heterocycles. The second-order valence-electron chi connectivity index (χ2n) is 5.43. The zero-order valence-electron chi connectivity index (χ0n) is 11.8. The minimum Gasteiger partial charge on any atom is -0.466 e. The van der Waals surface area contributed by atoms with E-state index in [1.165, 1.54) is 6.92 Å². The van der Waals surface area contributed by atoms with E-state index in [4.69, 9.17) is 9.47 Å². The van der Waals surface area contributed by atoms with Crippen LogP contribution in [0.4, 0.5) is 5.69 Å². The van der Waals surface area contributed by atoms with Gasteiger partial charge < -0.3 is 20.1 Å². The lowest BCUT2D eigenvalue weighted by Gasteiger charge is -2.33. The highest BCUT2D eigenvalue weighted by molar-refractivity contribution is 6.15. The molecule has 2 aliphatic heterocycles. The van der Waals surface area contributed by atoms with E-state index in [2.05, 4.69) is 10.6 Å². The zero-order valence-corrected chi connectivity index (χ0v) is 11.8. The van der Waals surface area contributed by atoms with Crippen LogP contribution in [0.5, 0.6) is 5.75 Å². The number of nitrogens with one attached hydrogen (secondary N) is 2. The highest BCUT2D eigenvalue weighted by Gasteiger charge is 2.47. The van der Waals surface area contributed by atoms with E-state index < -0.39 is 17.4 Å². The largest absolute Gasteiger partial charge is 0.466 e. The van der Waals surface area contributed by atoms with Crippen LogP contribution in [0.15, 0.2) is 24.3 Å². The molecule has 2 amide bonds. The molecule has 2 atom stereocenters. The van der Waals surface area contributed by atoms with E-state index >= 15 is 0 Å². The van der Waals surface area contributed by atoms with Crippen LogP contribution >= 0.6 is 0 Å². The van der Waals surface area contributed by atoms with Gasteiger partial charge >= 0.3 is 0 Å². The standard InChI is InChI=1S/C15H18N2O4/c1-15(13(18)16-9-10-5-4-8-20-10)14(19)17-11-6-2-3-7-12(11)21-15/h2-3,6-7,10H,4-5,8-9H2,1H3,(H,16,18)(H,17,19). The SMILES string of the molecule is CC1(C(=O)NCC2CCCO2)Oc2ccccc2NC1=O. The molecule has 1 aromatic rings. The highest BCUT2D eigenvalue weighted by Crippen LogP contribution is 2.33. The van der Waals surface area contributed by atoms with E-state index in [-0.39, 0.29) is 6.10 Å². The van der Waals surface area contributed by atoms with Crippen molar-refractivity contribution in [3.63, 3.8) is 0 Å². The maximum atomic E-state index is 12.3. The first-order chi connectivity index (χ1) is 10.1. The molecule has 112 valence electrons. The van der Waals surface area contributed by atoms with Crippen LogP contribution in [0.2, 0.25) is 0 Å². The summed E-state index contributed by atoms with van der Waals surface area (Å²) in [7, 11) is 0. The fourth-order valence-electron chi connectivity index (χ4n) is 2.50. The second kappa shape index (κ2) is 5.37. The van der Waals surface area contributed by atoms with Gasteiger partial charge in [0.2, 0.25) is 0 Å². The summed E-state index contributed by atoms with van der Waals surface area (Å²) in [5, 5.41) is 5.45. The first-order valence-corrected chi connectivity index (χ1v) is 7.09. The predicted molar refractivity (Wildman–Crippen MR) is 76.1 cm³/mol. The van der Waals surface area contributed by atoms with E-state index in [0.29, 0.717) is 18.0 Å². The zero-order chi connectivity index (χ0) is 14.9. The van der Waals surface area contributed by atoms with E-state index in [0.717, 1.165) is 19.4 Å². The van der Waals surface area contributed by atoms with Crippen molar-refractivity contribution in [3.8, 4) is 5.75 Å². The van der Waals surface area contributed by atoms with Crippen LogP contribution in [0.1, 0.15) is 19.8 Å². The first-order valence-electron chi connectivity index (χ1n) is 7.09. The summed E-state index contributed by atoms with van der Waals surface area (Å²) in [6, 6.07) is 7.04. The summed E-state index contributed by atoms with van der Waals surface area (Å²) in [5.41, 5.74) is -0.987. The van der Waals surface area contributed by atoms with Gasteiger partial charge in [-0.25, -0.2) is 0 Å². The van der Waals surface area contributed by atoms with Gasteiger partial charge in [-0.05, 0) is 31.9 Å². The molecule has 0 aliphatic carbocycles. The van der Waals surface area contributed by atoms with E-state index in [1.54, 1.807) is 24.3 Å². The van der Waals surface area contributed by atoms with Crippen LogP contribution in [0.25, 0.3) is 0 Å². The van der Waals surface area contributed by atoms with Gasteiger partial charge in [-0.15, -0.1) is 0 Å². The molecule has 2 unspecified atom stereocenters. The molecule has 0 saturated carbocycles. The van der Waals surface area contributed by atoms with Crippen LogP contribution in [0, 0.1) is 0 Å². The number of anilines is 1. The van der Waals surface area contributed by atoms with Crippen molar-refractivity contribution in [1.82, 2.24) is 5.32 Å². The molecule has 0 bridgehead atoms. The Bertz CT molecular complexity index is 569. The summed E-state index contributed by atoms with van der Waals surface area (Å²) < 4.78 is 11.1. The summed E-state index contributed by atoms with van der Waals surface area (Å²) in [4.78, 5) is 24.5. The number of hydrogen-bond donors (Lipinski definition) is 2. The number of carbonyl (C=O) groups is 2. The molecule has 6 nitrogen and oxygen atoms in total. The van der Waals surface area contributed by atoms with Gasteiger partial charge in [0, 0.05) is 13.2 Å². The topological polar surface area (TPSA) is 76.7 Å². The molecule has 3 rings (SSSR count). The Kier molecular flexibility index (Phi) is 3.55. The summed E-state index contributed by atoms with van der Waals surface area (Å²) in [5.74, 6) is -0.428. The van der Waals surface area contributed by atoms with Gasteiger partial charge in [-0.1, -0.05) is 12.1 Å².